The Labute approximate surface area is 104 Å². The molecule has 3 nitrogen and oxygen atoms in total. The van der Waals surface area contributed by atoms with Crippen LogP contribution >= 0.6 is 23.4 Å². The average Bonchev–Trinajstić information content (AvgIpc) is 2.29. The zero-order chi connectivity index (χ0) is 11.5. The zero-order valence-corrected chi connectivity index (χ0v) is 10.4. The minimum Gasteiger partial charge on any atom is -0.330 e. The van der Waals surface area contributed by atoms with E-state index in [1.54, 1.807) is 16.7 Å². The molecule has 1 heterocycles. The van der Waals surface area contributed by atoms with Gasteiger partial charge in [-0.15, -0.1) is 23.4 Å². The molecule has 16 heavy (non-hydrogen) atoms. The maximum Gasteiger partial charge on any atom is 0.238 e. The van der Waals surface area contributed by atoms with E-state index in [1.165, 1.54) is 0 Å². The van der Waals surface area contributed by atoms with Gasteiger partial charge in [0, 0.05) is 4.90 Å². The second-order valence-corrected chi connectivity index (χ2v) is 4.83. The van der Waals surface area contributed by atoms with Gasteiger partial charge in [-0.2, -0.15) is 0 Å². The van der Waals surface area contributed by atoms with E-state index in [-0.39, 0.29) is 11.9 Å². The van der Waals surface area contributed by atoms with Crippen LogP contribution in [0, 0.1) is 0 Å². The number of fused-ring (bicyclic) bond motifs is 1. The first-order chi connectivity index (χ1) is 7.76. The summed E-state index contributed by atoms with van der Waals surface area (Å²) < 4.78 is 0. The molecule has 1 aliphatic rings. The number of nitrogens with zero attached hydrogens (tertiary/aromatic N) is 1. The third-order valence-corrected chi connectivity index (χ3v) is 3.81. The Morgan fingerprint density at radius 1 is 1.50 bits per heavy atom. The summed E-state index contributed by atoms with van der Waals surface area (Å²) >= 11 is 7.37. The summed E-state index contributed by atoms with van der Waals surface area (Å²) in [6, 6.07) is 6.31. The summed E-state index contributed by atoms with van der Waals surface area (Å²) in [4.78, 5) is 14.4. The third kappa shape index (κ3) is 2.19. The molecule has 2 N–H and O–H groups in total. The number of carbonyl (C=O) groups excluding carboxylic acids is 1. The number of nitrogens with two attached hydrogens (primary N) is 1. The third-order valence-electron chi connectivity index (χ3n) is 2.52. The van der Waals surface area contributed by atoms with Gasteiger partial charge in [-0.1, -0.05) is 6.07 Å². The highest BCUT2D eigenvalue weighted by Gasteiger charge is 2.23. The molecule has 0 spiro atoms. The molecule has 0 saturated carbocycles. The van der Waals surface area contributed by atoms with Gasteiger partial charge in [0.1, 0.15) is 6.00 Å². The Hall–Kier alpha value is -0.710. The van der Waals surface area contributed by atoms with Crippen LogP contribution in [0.2, 0.25) is 0 Å². The number of thioether (sulfide) groups is 1. The van der Waals surface area contributed by atoms with E-state index in [1.807, 2.05) is 12.1 Å². The Kier molecular flexibility index (Phi) is 3.74. The average molecular weight is 257 g/mol. The molecule has 0 saturated heterocycles. The molecule has 0 radical (unpaired) electrons. The monoisotopic (exact) mass is 256 g/mol. The van der Waals surface area contributed by atoms with Gasteiger partial charge in [-0.05, 0) is 30.7 Å². The quantitative estimate of drug-likeness (QED) is 0.663. The molecular weight excluding hydrogens is 244 g/mol. The smallest absolute Gasteiger partial charge is 0.238 e. The van der Waals surface area contributed by atoms with Gasteiger partial charge >= 0.3 is 0 Å². The van der Waals surface area contributed by atoms with Gasteiger partial charge in [0.15, 0.2) is 0 Å². The summed E-state index contributed by atoms with van der Waals surface area (Å²) in [6.07, 6.45) is 0.822. The lowest BCUT2D eigenvalue weighted by Gasteiger charge is -2.27. The molecule has 2 rings (SSSR count). The van der Waals surface area contributed by atoms with Crippen LogP contribution in [0.5, 0.6) is 0 Å². The van der Waals surface area contributed by atoms with Gasteiger partial charge < -0.3 is 5.73 Å². The molecule has 5 heteroatoms. The largest absolute Gasteiger partial charge is 0.330 e. The number of hydrogen-bond acceptors (Lipinski definition) is 3. The first-order valence-corrected chi connectivity index (χ1v) is 6.60. The minimum absolute atomic E-state index is 0.0670. The van der Waals surface area contributed by atoms with Crippen LogP contribution in [0.4, 0.5) is 5.69 Å². The zero-order valence-electron chi connectivity index (χ0n) is 8.78. The molecule has 0 unspecified atom stereocenters. The maximum absolute atomic E-state index is 11.7. The van der Waals surface area contributed by atoms with E-state index in [2.05, 4.69) is 6.07 Å². The summed E-state index contributed by atoms with van der Waals surface area (Å²) in [5.41, 5.74) is 7.58. The van der Waals surface area contributed by atoms with Gasteiger partial charge in [0.05, 0.1) is 11.4 Å². The van der Waals surface area contributed by atoms with Crippen LogP contribution in [0.15, 0.2) is 23.1 Å². The predicted octanol–water partition coefficient (Wildman–Crippen LogP) is 1.82. The van der Waals surface area contributed by atoms with Gasteiger partial charge in [-0.3, -0.25) is 9.69 Å². The Morgan fingerprint density at radius 3 is 3.00 bits per heavy atom. The lowest BCUT2D eigenvalue weighted by molar-refractivity contribution is -0.116. The fourth-order valence-electron chi connectivity index (χ4n) is 1.70. The van der Waals surface area contributed by atoms with Gasteiger partial charge in [0.25, 0.3) is 0 Å². The molecule has 0 fully saturated rings. The van der Waals surface area contributed by atoms with E-state index in [4.69, 9.17) is 17.3 Å². The van der Waals surface area contributed by atoms with Crippen molar-refractivity contribution in [2.75, 3.05) is 23.2 Å². The lowest BCUT2D eigenvalue weighted by atomic mass is 10.1. The van der Waals surface area contributed by atoms with E-state index >= 15 is 0 Å². The normalized spacial score (nSPS) is 15.1. The van der Waals surface area contributed by atoms with Crippen LogP contribution in [-0.4, -0.2) is 24.2 Å². The number of hydrogen-bond donors (Lipinski definition) is 1. The Morgan fingerprint density at radius 2 is 2.31 bits per heavy atom. The van der Waals surface area contributed by atoms with Crippen LogP contribution in [0.3, 0.4) is 0 Å². The van der Waals surface area contributed by atoms with Crippen LogP contribution in [0.1, 0.15) is 5.56 Å². The molecule has 0 bridgehead atoms. The molecule has 1 aliphatic heterocycles. The summed E-state index contributed by atoms with van der Waals surface area (Å²) in [7, 11) is 0. The second-order valence-electron chi connectivity index (χ2n) is 3.57. The van der Waals surface area contributed by atoms with Crippen LogP contribution in [-0.2, 0) is 11.2 Å². The minimum atomic E-state index is 0.0670. The highest BCUT2D eigenvalue weighted by Crippen LogP contribution is 2.36. The molecule has 0 aliphatic carbocycles. The topological polar surface area (TPSA) is 46.3 Å². The van der Waals surface area contributed by atoms with Crippen molar-refractivity contribution in [3.05, 3.63) is 23.8 Å². The highest BCUT2D eigenvalue weighted by atomic mass is 35.5. The Bertz CT molecular complexity index is 411. The van der Waals surface area contributed by atoms with Gasteiger partial charge in [-0.25, -0.2) is 0 Å². The van der Waals surface area contributed by atoms with Crippen molar-refractivity contribution >= 4 is 35.0 Å². The van der Waals surface area contributed by atoms with Crippen LogP contribution in [0.25, 0.3) is 0 Å². The number of amides is 1. The SMILES string of the molecule is NCCc1ccc2c(c1)N(CCl)C(=O)CS2. The lowest BCUT2D eigenvalue weighted by Crippen LogP contribution is -2.34. The predicted molar refractivity (Wildman–Crippen MR) is 68.1 cm³/mol. The van der Waals surface area contributed by atoms with E-state index in [0.29, 0.717) is 12.3 Å². The molecule has 0 aromatic heterocycles. The van der Waals surface area contributed by atoms with E-state index < -0.39 is 0 Å². The van der Waals surface area contributed by atoms with Crippen molar-refractivity contribution in [1.82, 2.24) is 0 Å². The number of anilines is 1. The van der Waals surface area contributed by atoms with Crippen molar-refractivity contribution in [3.8, 4) is 0 Å². The molecular formula is C11H13ClN2OS. The molecule has 1 aromatic rings. The fraction of sp³-hybridized carbons (Fsp3) is 0.364. The van der Waals surface area contributed by atoms with Crippen molar-refractivity contribution in [3.63, 3.8) is 0 Å². The number of alkyl halides is 1. The second kappa shape index (κ2) is 5.08. The maximum atomic E-state index is 11.7. The van der Waals surface area contributed by atoms with Crippen molar-refractivity contribution in [1.29, 1.82) is 0 Å². The molecule has 86 valence electrons. The number of rotatable bonds is 3. The first kappa shape index (κ1) is 11.8. The van der Waals surface area contributed by atoms with Crippen LogP contribution < -0.4 is 10.6 Å². The van der Waals surface area contributed by atoms with Crippen molar-refractivity contribution in [2.45, 2.75) is 11.3 Å². The number of halogens is 1. The van der Waals surface area contributed by atoms with E-state index in [9.17, 15) is 4.79 Å². The summed E-state index contributed by atoms with van der Waals surface area (Å²) in [5, 5.41) is 0. The van der Waals surface area contributed by atoms with E-state index in [0.717, 1.165) is 22.6 Å². The Balaban J connectivity index is 2.37. The fourth-order valence-corrected chi connectivity index (χ4v) is 2.88. The molecule has 1 aromatic carbocycles. The highest BCUT2D eigenvalue weighted by molar-refractivity contribution is 8.00. The number of benzene rings is 1. The molecule has 0 atom stereocenters. The van der Waals surface area contributed by atoms with Gasteiger partial charge in [0.2, 0.25) is 5.91 Å². The van der Waals surface area contributed by atoms with Crippen molar-refractivity contribution in [2.24, 2.45) is 5.73 Å². The summed E-state index contributed by atoms with van der Waals surface area (Å²) in [6.45, 7) is 0.612. The summed E-state index contributed by atoms with van der Waals surface area (Å²) in [5.74, 6) is 0.535. The number of carbonyl (C=O) groups is 1. The van der Waals surface area contributed by atoms with Crippen molar-refractivity contribution < 1.29 is 4.79 Å². The standard InChI is InChI=1S/C11H13ClN2OS/c12-7-14-9-5-8(3-4-13)1-2-10(9)16-6-11(14)15/h1-2,5H,3-4,6-7,13H2. The molecule has 1 amide bonds. The first-order valence-electron chi connectivity index (χ1n) is 5.08.